The lowest BCUT2D eigenvalue weighted by molar-refractivity contribution is -0.143. The third-order valence-corrected chi connectivity index (χ3v) is 2.14. The Morgan fingerprint density at radius 3 is 2.53 bits per heavy atom. The maximum atomic E-state index is 11.5. The molecule has 4 N–H and O–H groups in total. The van der Waals surface area contributed by atoms with Gasteiger partial charge >= 0.3 is 5.97 Å². The number of nitrogen functional groups attached to an aromatic ring is 1. The molecule has 0 radical (unpaired) electrons. The highest BCUT2D eigenvalue weighted by atomic mass is 16.5. The molecule has 1 atom stereocenters. The quantitative estimate of drug-likeness (QED) is 0.359. The van der Waals surface area contributed by atoms with Crippen LogP contribution in [0.15, 0.2) is 0 Å². The Labute approximate surface area is 111 Å². The van der Waals surface area contributed by atoms with E-state index < -0.39 is 6.04 Å². The highest BCUT2D eigenvalue weighted by Gasteiger charge is 2.16. The van der Waals surface area contributed by atoms with Gasteiger partial charge in [0.2, 0.25) is 17.8 Å². The minimum atomic E-state index is -0.567. The Hall–Kier alpha value is -2.16. The standard InChI is InChI=1S/C10H19N7O2/c1-5-19-7(18)6(2)12-8-13-9(16-11)15-10(14-8)17(3)4/h6H,5,11H2,1-4H3,(H2,12,13,14,15,16). The number of nitrogens with zero attached hydrogens (tertiary/aromatic N) is 4. The van der Waals surface area contributed by atoms with Crippen molar-refractivity contribution in [2.45, 2.75) is 19.9 Å². The second-order valence-corrected chi connectivity index (χ2v) is 3.94. The summed E-state index contributed by atoms with van der Waals surface area (Å²) in [5.41, 5.74) is 2.35. The van der Waals surface area contributed by atoms with Crippen LogP contribution in [-0.2, 0) is 9.53 Å². The zero-order chi connectivity index (χ0) is 14.4. The molecule has 1 aromatic rings. The number of hydrogen-bond donors (Lipinski definition) is 3. The summed E-state index contributed by atoms with van der Waals surface area (Å²) in [5, 5.41) is 2.84. The predicted molar refractivity (Wildman–Crippen MR) is 71.7 cm³/mol. The highest BCUT2D eigenvalue weighted by Crippen LogP contribution is 2.11. The van der Waals surface area contributed by atoms with Gasteiger partial charge in [-0.1, -0.05) is 0 Å². The molecular weight excluding hydrogens is 250 g/mol. The van der Waals surface area contributed by atoms with Crippen LogP contribution in [0.5, 0.6) is 0 Å². The lowest BCUT2D eigenvalue weighted by Crippen LogP contribution is -2.30. The summed E-state index contributed by atoms with van der Waals surface area (Å²) in [4.78, 5) is 25.4. The van der Waals surface area contributed by atoms with Crippen LogP contribution in [0.3, 0.4) is 0 Å². The SMILES string of the molecule is CCOC(=O)C(C)Nc1nc(NN)nc(N(C)C)n1. The number of aromatic nitrogens is 3. The Morgan fingerprint density at radius 2 is 2.00 bits per heavy atom. The van der Waals surface area contributed by atoms with Crippen LogP contribution < -0.4 is 21.5 Å². The number of ether oxygens (including phenoxy) is 1. The molecule has 0 aliphatic heterocycles. The number of carbonyl (C=O) groups is 1. The van der Waals surface area contributed by atoms with Gasteiger partial charge in [0.05, 0.1) is 6.61 Å². The van der Waals surface area contributed by atoms with E-state index in [0.29, 0.717) is 12.6 Å². The molecule has 1 rings (SSSR count). The largest absolute Gasteiger partial charge is 0.464 e. The van der Waals surface area contributed by atoms with Crippen molar-refractivity contribution in [3.63, 3.8) is 0 Å². The summed E-state index contributed by atoms with van der Waals surface area (Å²) in [5.74, 6) is 5.77. The minimum absolute atomic E-state index is 0.206. The molecule has 0 aliphatic rings. The molecular formula is C10H19N7O2. The second kappa shape index (κ2) is 6.69. The van der Waals surface area contributed by atoms with E-state index in [1.807, 2.05) is 0 Å². The molecule has 9 heteroatoms. The normalized spacial score (nSPS) is 11.6. The lowest BCUT2D eigenvalue weighted by atomic mass is 10.3. The van der Waals surface area contributed by atoms with Crippen molar-refractivity contribution in [3.8, 4) is 0 Å². The van der Waals surface area contributed by atoms with E-state index in [0.717, 1.165) is 0 Å². The topological polar surface area (TPSA) is 118 Å². The summed E-state index contributed by atoms with van der Waals surface area (Å²) in [7, 11) is 3.57. The van der Waals surface area contributed by atoms with Crippen LogP contribution in [0.25, 0.3) is 0 Å². The first-order chi connectivity index (χ1) is 8.97. The fourth-order valence-electron chi connectivity index (χ4n) is 1.21. The van der Waals surface area contributed by atoms with Crippen LogP contribution in [0, 0.1) is 0 Å². The maximum absolute atomic E-state index is 11.5. The summed E-state index contributed by atoms with van der Waals surface area (Å²) >= 11 is 0. The van der Waals surface area contributed by atoms with Gasteiger partial charge in [0.1, 0.15) is 6.04 Å². The monoisotopic (exact) mass is 269 g/mol. The van der Waals surface area contributed by atoms with E-state index in [4.69, 9.17) is 10.6 Å². The molecule has 0 spiro atoms. The average molecular weight is 269 g/mol. The molecule has 0 aliphatic carbocycles. The van der Waals surface area contributed by atoms with E-state index in [1.165, 1.54) is 0 Å². The Kier molecular flexibility index (Phi) is 5.24. The zero-order valence-electron chi connectivity index (χ0n) is 11.5. The van der Waals surface area contributed by atoms with Crippen LogP contribution in [0.1, 0.15) is 13.8 Å². The third kappa shape index (κ3) is 4.21. The Morgan fingerprint density at radius 1 is 1.37 bits per heavy atom. The fraction of sp³-hybridized carbons (Fsp3) is 0.600. The summed E-state index contributed by atoms with van der Waals surface area (Å²) < 4.78 is 4.89. The molecule has 0 fully saturated rings. The molecule has 1 aromatic heterocycles. The van der Waals surface area contributed by atoms with Gasteiger partial charge in [-0.15, -0.1) is 0 Å². The molecule has 0 amide bonds. The van der Waals surface area contributed by atoms with Crippen LogP contribution in [-0.4, -0.2) is 47.7 Å². The van der Waals surface area contributed by atoms with Gasteiger partial charge in [0.25, 0.3) is 0 Å². The summed E-state index contributed by atoms with van der Waals surface area (Å²) in [6.45, 7) is 3.72. The van der Waals surface area contributed by atoms with Crippen molar-refractivity contribution in [1.29, 1.82) is 0 Å². The number of esters is 1. The van der Waals surface area contributed by atoms with Gasteiger partial charge < -0.3 is 15.0 Å². The number of nitrogens with two attached hydrogens (primary N) is 1. The van der Waals surface area contributed by atoms with E-state index in [9.17, 15) is 4.79 Å². The van der Waals surface area contributed by atoms with Crippen molar-refractivity contribution >= 4 is 23.8 Å². The molecule has 0 saturated carbocycles. The Bertz CT molecular complexity index is 438. The first-order valence-corrected chi connectivity index (χ1v) is 5.81. The number of rotatable bonds is 6. The minimum Gasteiger partial charge on any atom is -0.464 e. The van der Waals surface area contributed by atoms with Gasteiger partial charge in [0.15, 0.2) is 0 Å². The van der Waals surface area contributed by atoms with Crippen LogP contribution in [0.4, 0.5) is 17.8 Å². The van der Waals surface area contributed by atoms with Crippen LogP contribution in [0.2, 0.25) is 0 Å². The first-order valence-electron chi connectivity index (χ1n) is 5.81. The van der Waals surface area contributed by atoms with Gasteiger partial charge in [-0.25, -0.2) is 10.6 Å². The lowest BCUT2D eigenvalue weighted by Gasteiger charge is -2.15. The van der Waals surface area contributed by atoms with Crippen molar-refractivity contribution in [2.75, 3.05) is 36.3 Å². The molecule has 0 saturated heterocycles. The van der Waals surface area contributed by atoms with Gasteiger partial charge in [0, 0.05) is 14.1 Å². The Balaban J connectivity index is 2.88. The van der Waals surface area contributed by atoms with Gasteiger partial charge in [-0.3, -0.25) is 5.43 Å². The number of hydrazine groups is 1. The number of nitrogens with one attached hydrogen (secondary N) is 2. The van der Waals surface area contributed by atoms with E-state index in [2.05, 4.69) is 25.7 Å². The van der Waals surface area contributed by atoms with Crippen molar-refractivity contribution in [2.24, 2.45) is 5.84 Å². The van der Waals surface area contributed by atoms with Gasteiger partial charge in [-0.05, 0) is 13.8 Å². The molecule has 0 bridgehead atoms. The predicted octanol–water partition coefficient (Wildman–Crippen LogP) is -0.413. The average Bonchev–Trinajstić information content (AvgIpc) is 2.38. The third-order valence-electron chi connectivity index (χ3n) is 2.14. The number of anilines is 3. The fourth-order valence-corrected chi connectivity index (χ4v) is 1.21. The number of carbonyl (C=O) groups excluding carboxylic acids is 1. The van der Waals surface area contributed by atoms with Crippen molar-refractivity contribution in [1.82, 2.24) is 15.0 Å². The van der Waals surface area contributed by atoms with E-state index in [-0.39, 0.29) is 17.9 Å². The van der Waals surface area contributed by atoms with Gasteiger partial charge in [-0.2, -0.15) is 15.0 Å². The zero-order valence-corrected chi connectivity index (χ0v) is 11.5. The molecule has 1 heterocycles. The van der Waals surface area contributed by atoms with Crippen LogP contribution >= 0.6 is 0 Å². The summed E-state index contributed by atoms with van der Waals surface area (Å²) in [6, 6.07) is -0.567. The number of hydrogen-bond acceptors (Lipinski definition) is 9. The van der Waals surface area contributed by atoms with Crippen molar-refractivity contribution in [3.05, 3.63) is 0 Å². The first kappa shape index (κ1) is 14.9. The maximum Gasteiger partial charge on any atom is 0.328 e. The molecule has 106 valence electrons. The smallest absolute Gasteiger partial charge is 0.328 e. The van der Waals surface area contributed by atoms with E-state index >= 15 is 0 Å². The molecule has 9 nitrogen and oxygen atoms in total. The van der Waals surface area contributed by atoms with Crippen molar-refractivity contribution < 1.29 is 9.53 Å². The molecule has 1 unspecified atom stereocenters. The van der Waals surface area contributed by atoms with E-state index in [1.54, 1.807) is 32.8 Å². The highest BCUT2D eigenvalue weighted by molar-refractivity contribution is 5.78. The second-order valence-electron chi connectivity index (χ2n) is 3.94. The molecule has 0 aromatic carbocycles. The summed E-state index contributed by atoms with van der Waals surface area (Å²) in [6.07, 6.45) is 0. The molecule has 19 heavy (non-hydrogen) atoms.